The normalized spacial score (nSPS) is 25.7. The first-order chi connectivity index (χ1) is 13.5. The van der Waals surface area contributed by atoms with E-state index < -0.39 is 8.56 Å². The van der Waals surface area contributed by atoms with Gasteiger partial charge >= 0.3 is 8.56 Å². The third-order valence-electron chi connectivity index (χ3n) is 6.17. The maximum atomic E-state index is 13.8. The van der Waals surface area contributed by atoms with Crippen molar-refractivity contribution in [3.8, 4) is 0 Å². The van der Waals surface area contributed by atoms with E-state index in [2.05, 4.69) is 67.5 Å². The Kier molecular flexibility index (Phi) is 7.91. The van der Waals surface area contributed by atoms with E-state index in [1.807, 2.05) is 18.2 Å². The average molecular weight is 419 g/mol. The second-order valence-corrected chi connectivity index (χ2v) is 15.3. The number of hydrogen-bond donors (Lipinski definition) is 0. The van der Waals surface area contributed by atoms with Crippen molar-refractivity contribution in [2.75, 3.05) is 0 Å². The van der Waals surface area contributed by atoms with Crippen molar-refractivity contribution in [2.45, 2.75) is 110 Å². The highest BCUT2D eigenvalue weighted by Gasteiger charge is 2.63. The first-order valence-corrected chi connectivity index (χ1v) is 13.2. The molecule has 0 spiro atoms. The molecule has 2 rings (SSSR count). The Balaban J connectivity index is 2.68. The van der Waals surface area contributed by atoms with Crippen molar-refractivity contribution in [1.82, 2.24) is 0 Å². The molecule has 0 aliphatic carbocycles. The molecule has 1 aliphatic rings. The van der Waals surface area contributed by atoms with Crippen LogP contribution in [0.5, 0.6) is 0 Å². The third kappa shape index (κ3) is 5.03. The minimum absolute atomic E-state index is 0.145. The van der Waals surface area contributed by atoms with Crippen LogP contribution in [0.15, 0.2) is 30.3 Å². The molecule has 0 bridgehead atoms. The van der Waals surface area contributed by atoms with E-state index in [0.29, 0.717) is 0 Å². The fourth-order valence-corrected chi connectivity index (χ4v) is 9.90. The Hall–Kier alpha value is -0.973. The number of carbonyl (C=O) groups excluding carboxylic acids is 1. The number of rotatable bonds is 6. The summed E-state index contributed by atoms with van der Waals surface area (Å²) in [6, 6.07) is 10.3. The first kappa shape index (κ1) is 24.3. The Morgan fingerprint density at radius 1 is 0.862 bits per heavy atom. The number of carbonyl (C=O) groups is 1. The van der Waals surface area contributed by atoms with Crippen LogP contribution in [0.1, 0.15) is 99.2 Å². The summed E-state index contributed by atoms with van der Waals surface area (Å²) in [4.78, 5) is 13.8. The van der Waals surface area contributed by atoms with Gasteiger partial charge in [-0.05, 0) is 18.4 Å². The molecule has 29 heavy (non-hydrogen) atoms. The van der Waals surface area contributed by atoms with Crippen LogP contribution in [-0.2, 0) is 13.6 Å². The van der Waals surface area contributed by atoms with Crippen molar-refractivity contribution >= 4 is 14.3 Å². The van der Waals surface area contributed by atoms with Crippen LogP contribution < -0.4 is 0 Å². The van der Waals surface area contributed by atoms with E-state index in [4.69, 9.17) is 8.85 Å². The second-order valence-electron chi connectivity index (χ2n) is 10.6. The lowest BCUT2D eigenvalue weighted by Gasteiger charge is -2.50. The fourth-order valence-electron chi connectivity index (χ4n) is 4.89. The summed E-state index contributed by atoms with van der Waals surface area (Å²) in [5.41, 5.74) is 1.10. The molecular weight excluding hydrogens is 376 g/mol. The standard InChI is InChI=1S/C25H42O3Si/c1-9-11-18-20-22(26)21(15-10-2)27-29(24(3,4)5,25(6,7)8)28-23(20)19-16-13-12-14-17-19/h12-14,16-17,20-21,23H,9-11,15,18H2,1-8H3/t20-,21-,23+/m0/s1. The van der Waals surface area contributed by atoms with Crippen LogP contribution >= 0.6 is 0 Å². The number of ketones is 1. The molecule has 164 valence electrons. The van der Waals surface area contributed by atoms with Gasteiger partial charge in [0.2, 0.25) is 0 Å². The van der Waals surface area contributed by atoms with E-state index in [-0.39, 0.29) is 34.0 Å². The maximum Gasteiger partial charge on any atom is 0.350 e. The Morgan fingerprint density at radius 3 is 1.93 bits per heavy atom. The predicted octanol–water partition coefficient (Wildman–Crippen LogP) is 7.36. The number of unbranched alkanes of at least 4 members (excludes halogenated alkanes) is 1. The maximum absolute atomic E-state index is 13.8. The number of hydrogen-bond acceptors (Lipinski definition) is 3. The Bertz CT molecular complexity index is 643. The molecule has 3 atom stereocenters. The van der Waals surface area contributed by atoms with Crippen LogP contribution in [0.25, 0.3) is 0 Å². The summed E-state index contributed by atoms with van der Waals surface area (Å²) in [6.45, 7) is 17.7. The molecule has 0 aromatic heterocycles. The fraction of sp³-hybridized carbons (Fsp3) is 0.720. The van der Waals surface area contributed by atoms with Gasteiger partial charge in [0.1, 0.15) is 6.10 Å². The minimum Gasteiger partial charge on any atom is -0.386 e. The SMILES string of the molecule is CCCC[C@H]1C(=O)[C@H](CCC)O[Si](C(C)(C)C)(C(C)(C)C)O[C@@H]1c1ccccc1. The molecule has 0 unspecified atom stereocenters. The van der Waals surface area contributed by atoms with Gasteiger partial charge in [-0.2, -0.15) is 0 Å². The van der Waals surface area contributed by atoms with Crippen molar-refractivity contribution < 1.29 is 13.6 Å². The second kappa shape index (κ2) is 9.45. The van der Waals surface area contributed by atoms with E-state index in [1.54, 1.807) is 0 Å². The summed E-state index contributed by atoms with van der Waals surface area (Å²) in [5, 5.41) is -0.325. The van der Waals surface area contributed by atoms with Gasteiger partial charge < -0.3 is 8.85 Å². The quantitative estimate of drug-likeness (QED) is 0.453. The van der Waals surface area contributed by atoms with Gasteiger partial charge in [-0.15, -0.1) is 0 Å². The van der Waals surface area contributed by atoms with Crippen LogP contribution in [0, 0.1) is 5.92 Å². The molecule has 1 saturated heterocycles. The summed E-state index contributed by atoms with van der Waals surface area (Å²) < 4.78 is 14.1. The van der Waals surface area contributed by atoms with Gasteiger partial charge in [-0.25, -0.2) is 0 Å². The van der Waals surface area contributed by atoms with Gasteiger partial charge in [-0.1, -0.05) is 105 Å². The predicted molar refractivity (Wildman–Crippen MR) is 123 cm³/mol. The Labute approximate surface area is 179 Å². The molecule has 0 N–H and O–H groups in total. The molecule has 1 aromatic carbocycles. The topological polar surface area (TPSA) is 35.5 Å². The molecule has 1 heterocycles. The lowest BCUT2D eigenvalue weighted by molar-refractivity contribution is -0.131. The van der Waals surface area contributed by atoms with Gasteiger partial charge in [-0.3, -0.25) is 4.79 Å². The molecule has 4 heteroatoms. The molecule has 1 aromatic rings. The summed E-state index contributed by atoms with van der Waals surface area (Å²) in [5.74, 6) is 0.102. The molecule has 0 amide bonds. The number of Topliss-reactive ketones (excluding diaryl/α,β-unsaturated/α-hetero) is 1. The lowest BCUT2D eigenvalue weighted by atomic mass is 9.85. The number of benzene rings is 1. The van der Waals surface area contributed by atoms with Gasteiger partial charge in [0.15, 0.2) is 5.78 Å². The molecule has 3 nitrogen and oxygen atoms in total. The van der Waals surface area contributed by atoms with Crippen LogP contribution in [0.4, 0.5) is 0 Å². The lowest BCUT2D eigenvalue weighted by Crippen LogP contribution is -2.58. The van der Waals surface area contributed by atoms with Crippen molar-refractivity contribution in [1.29, 1.82) is 0 Å². The highest BCUT2D eigenvalue weighted by atomic mass is 28.4. The summed E-state index contributed by atoms with van der Waals surface area (Å²) in [7, 11) is -2.83. The molecule has 0 radical (unpaired) electrons. The average Bonchev–Trinajstić information content (AvgIpc) is 2.76. The van der Waals surface area contributed by atoms with E-state index in [0.717, 1.165) is 37.7 Å². The third-order valence-corrected chi connectivity index (χ3v) is 11.3. The zero-order valence-corrected chi connectivity index (χ0v) is 20.9. The minimum atomic E-state index is -2.83. The van der Waals surface area contributed by atoms with Crippen LogP contribution in [0.3, 0.4) is 0 Å². The van der Waals surface area contributed by atoms with Crippen molar-refractivity contribution in [3.63, 3.8) is 0 Å². The summed E-state index contributed by atoms with van der Waals surface area (Å²) in [6.07, 6.45) is 4.08. The molecule has 1 aliphatic heterocycles. The monoisotopic (exact) mass is 418 g/mol. The van der Waals surface area contributed by atoms with E-state index in [9.17, 15) is 4.79 Å². The largest absolute Gasteiger partial charge is 0.386 e. The summed E-state index contributed by atoms with van der Waals surface area (Å²) >= 11 is 0. The van der Waals surface area contributed by atoms with Gasteiger partial charge in [0.25, 0.3) is 0 Å². The molecular formula is C25H42O3Si. The Morgan fingerprint density at radius 2 is 1.45 bits per heavy atom. The highest BCUT2D eigenvalue weighted by Crippen LogP contribution is 2.57. The van der Waals surface area contributed by atoms with Gasteiger partial charge in [0, 0.05) is 16.0 Å². The van der Waals surface area contributed by atoms with Crippen LogP contribution in [0.2, 0.25) is 10.1 Å². The smallest absolute Gasteiger partial charge is 0.350 e. The zero-order valence-electron chi connectivity index (χ0n) is 19.9. The zero-order chi connectivity index (χ0) is 21.9. The van der Waals surface area contributed by atoms with E-state index >= 15 is 0 Å². The van der Waals surface area contributed by atoms with Crippen LogP contribution in [-0.4, -0.2) is 20.4 Å². The van der Waals surface area contributed by atoms with Crippen molar-refractivity contribution in [3.05, 3.63) is 35.9 Å². The molecule has 1 fully saturated rings. The highest BCUT2D eigenvalue weighted by molar-refractivity contribution is 6.73. The molecule has 0 saturated carbocycles. The van der Waals surface area contributed by atoms with Gasteiger partial charge in [0.05, 0.1) is 6.10 Å². The van der Waals surface area contributed by atoms with Crippen molar-refractivity contribution in [2.24, 2.45) is 5.92 Å². The van der Waals surface area contributed by atoms with E-state index in [1.165, 1.54) is 0 Å². The first-order valence-electron chi connectivity index (χ1n) is 11.4.